The molecule has 0 fully saturated rings. The molecule has 0 saturated carbocycles. The highest BCUT2D eigenvalue weighted by atomic mass is 32.2. The summed E-state index contributed by atoms with van der Waals surface area (Å²) in [4.78, 5) is 10.0. The van der Waals surface area contributed by atoms with Gasteiger partial charge in [0.05, 0.1) is 44.4 Å². The van der Waals surface area contributed by atoms with Gasteiger partial charge in [0.2, 0.25) is 0 Å². The van der Waals surface area contributed by atoms with Crippen molar-refractivity contribution in [3.8, 4) is 44.5 Å². The molecule has 4 aromatic heterocycles. The van der Waals surface area contributed by atoms with Crippen LogP contribution in [-0.4, -0.2) is 0 Å². The van der Waals surface area contributed by atoms with Gasteiger partial charge in [0.15, 0.2) is 5.58 Å². The minimum atomic E-state index is -0.488. The number of anilines is 6. The van der Waals surface area contributed by atoms with Crippen LogP contribution in [0, 0.1) is 0 Å². The Morgan fingerprint density at radius 1 is 0.210 bits per heavy atom. The number of hydrogen-bond donors (Lipinski definition) is 0. The van der Waals surface area contributed by atoms with Gasteiger partial charge in [-0.2, -0.15) is 0 Å². The highest BCUT2D eigenvalue weighted by Gasteiger charge is 2.53. The third-order valence-electron chi connectivity index (χ3n) is 28.3. The van der Waals surface area contributed by atoms with E-state index in [4.69, 9.17) is 17.7 Å². The number of rotatable bonds is 6. The van der Waals surface area contributed by atoms with Crippen LogP contribution in [0.3, 0.4) is 0 Å². The predicted molar refractivity (Wildman–Crippen MR) is 509 cm³/mol. The van der Waals surface area contributed by atoms with Gasteiger partial charge in [-0.3, -0.25) is 0 Å². The topological polar surface area (TPSA) is 59.0 Å². The number of benzene rings is 18. The van der Waals surface area contributed by atoms with Gasteiger partial charge in [-0.1, -0.05) is 300 Å². The van der Waals surface area contributed by atoms with E-state index in [1.807, 2.05) is 35.7 Å². The van der Waals surface area contributed by atoms with Gasteiger partial charge in [-0.15, -0.1) is 0 Å². The molecule has 4 aliphatic carbocycles. The van der Waals surface area contributed by atoms with E-state index in [1.54, 1.807) is 0 Å². The zero-order valence-electron chi connectivity index (χ0n) is 68.1. The molecule has 6 nitrogen and oxygen atoms in total. The van der Waals surface area contributed by atoms with E-state index in [2.05, 4.69) is 401 Å². The van der Waals surface area contributed by atoms with Crippen LogP contribution in [0.5, 0.6) is 0 Å². The molecule has 0 unspecified atom stereocenters. The van der Waals surface area contributed by atoms with Crippen LogP contribution >= 0.6 is 23.5 Å². The van der Waals surface area contributed by atoms with Crippen molar-refractivity contribution in [1.82, 2.24) is 0 Å². The molecule has 0 amide bonds. The normalized spacial score (nSPS) is 14.8. The Kier molecular flexibility index (Phi) is 14.5. The monoisotopic (exact) mass is 1620 g/mol. The van der Waals surface area contributed by atoms with Crippen molar-refractivity contribution in [2.45, 2.75) is 68.9 Å². The second-order valence-corrected chi connectivity index (χ2v) is 37.2. The molecule has 6 heterocycles. The number of nitrogens with zero attached hydrogens (tertiary/aromatic N) is 2. The summed E-state index contributed by atoms with van der Waals surface area (Å²) in [7, 11) is 0. The van der Waals surface area contributed by atoms with Gasteiger partial charge in [-0.25, -0.2) is 0 Å². The second kappa shape index (κ2) is 25.5. The van der Waals surface area contributed by atoms with Crippen molar-refractivity contribution in [3.63, 3.8) is 0 Å². The lowest BCUT2D eigenvalue weighted by Gasteiger charge is -2.39. The second-order valence-electron chi connectivity index (χ2n) is 35.0. The standard InChI is InChI=1S/2C58H37NO2S/c1-57(2)41-18-6-4-17-38(41)55-45(57)22-13-23-47(55)59(34-29-30-37-36-16-5-10-25-49(36)60-51(37)31-34)48-24-14-26-50-56(48)40-32-39-35-15-3-7-19-42(35)58(46(39)33-52(40)61-50)43-20-8-11-27-53(43)62-54-28-12-9-21-44(54)58;1-57(2)42-19-6-3-15-35(42)37-30-29-34(31-46(37)57)59(49-24-13-18-39-38-17-5-10-25-50(38)61-56(39)49)48-23-14-26-51-55(48)41-32-40-36-16-4-7-20-43(36)58(47(40)33-52(41)60-51)44-21-8-11-27-53(44)62-54-28-12-9-22-45(54)58/h2*3-33H,1-2H3. The Balaban J connectivity index is 0.000000130. The molecule has 0 saturated heterocycles. The fourth-order valence-electron chi connectivity index (χ4n) is 23.0. The van der Waals surface area contributed by atoms with E-state index in [9.17, 15) is 0 Å². The Bertz CT molecular complexity index is 8360. The van der Waals surface area contributed by atoms with Gasteiger partial charge in [-0.05, 0) is 227 Å². The number of para-hydroxylation sites is 3. The lowest BCUT2D eigenvalue weighted by Crippen LogP contribution is -2.31. The van der Waals surface area contributed by atoms with Crippen molar-refractivity contribution in [2.24, 2.45) is 0 Å². The van der Waals surface area contributed by atoms with Crippen LogP contribution in [0.25, 0.3) is 132 Å². The van der Waals surface area contributed by atoms with Crippen LogP contribution in [0.15, 0.2) is 413 Å². The summed E-state index contributed by atoms with van der Waals surface area (Å²) >= 11 is 3.74. The smallest absolute Gasteiger partial charge is 0.159 e. The molecular weight excluding hydrogens is 1550 g/mol. The Morgan fingerprint density at radius 3 is 1.13 bits per heavy atom. The first-order valence-electron chi connectivity index (χ1n) is 42.8. The van der Waals surface area contributed by atoms with Gasteiger partial charge in [0.25, 0.3) is 0 Å². The molecule has 6 aliphatic rings. The van der Waals surface area contributed by atoms with Crippen molar-refractivity contribution in [1.29, 1.82) is 0 Å². The average molecular weight is 1620 g/mol. The molecule has 584 valence electrons. The third-order valence-corrected chi connectivity index (χ3v) is 30.6. The highest BCUT2D eigenvalue weighted by molar-refractivity contribution is 7.99. The maximum Gasteiger partial charge on any atom is 0.159 e. The molecule has 22 aromatic rings. The van der Waals surface area contributed by atoms with Crippen LogP contribution in [-0.2, 0) is 21.7 Å². The minimum Gasteiger partial charge on any atom is -0.456 e. The summed E-state index contributed by atoms with van der Waals surface area (Å²) in [6.07, 6.45) is 0. The molecule has 0 atom stereocenters. The molecule has 2 aliphatic heterocycles. The average Bonchev–Trinajstić information content (AvgIpc) is 1.51. The fraction of sp³-hybridized carbons (Fsp3) is 0.0690. The molecular formula is C116H74N2O4S2. The first kappa shape index (κ1) is 70.2. The third kappa shape index (κ3) is 9.32. The summed E-state index contributed by atoms with van der Waals surface area (Å²) in [6, 6.07) is 138. The summed E-state index contributed by atoms with van der Waals surface area (Å²) in [5.41, 5.74) is 37.8. The molecule has 28 rings (SSSR count). The van der Waals surface area contributed by atoms with Crippen LogP contribution < -0.4 is 9.80 Å². The van der Waals surface area contributed by atoms with Gasteiger partial charge in [0.1, 0.15) is 39.1 Å². The molecule has 124 heavy (non-hydrogen) atoms. The van der Waals surface area contributed by atoms with E-state index in [-0.39, 0.29) is 10.8 Å². The number of fused-ring (bicyclic) bond motifs is 36. The number of furan rings is 4. The maximum absolute atomic E-state index is 7.09. The minimum absolute atomic E-state index is 0.163. The zero-order chi connectivity index (χ0) is 81.8. The zero-order valence-corrected chi connectivity index (χ0v) is 69.8. The lowest BCUT2D eigenvalue weighted by molar-refractivity contribution is 0.660. The van der Waals surface area contributed by atoms with Crippen molar-refractivity contribution in [2.75, 3.05) is 9.80 Å². The Morgan fingerprint density at radius 2 is 0.565 bits per heavy atom. The SMILES string of the molecule is CC1(C)c2ccccc2-c2c(N(c3ccc4c(c3)oc3ccccc34)c3cccc4oc5cc6c(cc5c34)-c3ccccc3C63c4ccccc4Sc4ccccc43)cccc21.CC1(C)c2ccccc2-c2ccc(N(c3cccc4c3oc3ccccc34)c3cccc4oc5cc6c(cc5c34)-c3ccccc3C63c4ccccc4Sc4ccccc43)cc21. The molecule has 0 bridgehead atoms. The van der Waals surface area contributed by atoms with E-state index in [1.165, 1.54) is 131 Å². The molecule has 18 aromatic carbocycles. The lowest BCUT2D eigenvalue weighted by atomic mass is 9.67. The molecule has 0 radical (unpaired) electrons. The summed E-state index contributed by atoms with van der Waals surface area (Å²) in [5.74, 6) is 0. The van der Waals surface area contributed by atoms with Crippen LogP contribution in [0.2, 0.25) is 0 Å². The predicted octanol–water partition coefficient (Wildman–Crippen LogP) is 32.2. The van der Waals surface area contributed by atoms with E-state index < -0.39 is 10.8 Å². The first-order valence-corrected chi connectivity index (χ1v) is 44.5. The summed E-state index contributed by atoms with van der Waals surface area (Å²) < 4.78 is 27.6. The molecule has 8 heteroatoms. The fourth-order valence-corrected chi connectivity index (χ4v) is 25.4. The Hall–Kier alpha value is -14.5. The quantitative estimate of drug-likeness (QED) is 0.163. The Labute approximate surface area is 723 Å². The number of hydrogen-bond acceptors (Lipinski definition) is 8. The van der Waals surface area contributed by atoms with Crippen molar-refractivity contribution < 1.29 is 17.7 Å². The van der Waals surface area contributed by atoms with Crippen LogP contribution in [0.4, 0.5) is 34.1 Å². The van der Waals surface area contributed by atoms with Crippen molar-refractivity contribution in [3.05, 3.63) is 443 Å². The van der Waals surface area contributed by atoms with Gasteiger partial charge < -0.3 is 27.5 Å². The summed E-state index contributed by atoms with van der Waals surface area (Å²) in [5, 5.41) is 8.75. The maximum atomic E-state index is 7.09. The van der Waals surface area contributed by atoms with E-state index in [0.29, 0.717) is 0 Å². The van der Waals surface area contributed by atoms with Gasteiger partial charge >= 0.3 is 0 Å². The first-order chi connectivity index (χ1) is 61.0. The van der Waals surface area contributed by atoms with Crippen LogP contribution in [0.1, 0.15) is 94.5 Å². The highest BCUT2D eigenvalue weighted by Crippen LogP contribution is 2.67. The largest absolute Gasteiger partial charge is 0.456 e. The van der Waals surface area contributed by atoms with E-state index >= 15 is 0 Å². The molecule has 0 N–H and O–H groups in total. The van der Waals surface area contributed by atoms with Gasteiger partial charge in [0, 0.05) is 85.7 Å². The van der Waals surface area contributed by atoms with Crippen molar-refractivity contribution >= 4 is 145 Å². The summed E-state index contributed by atoms with van der Waals surface area (Å²) in [6.45, 7) is 9.40. The molecule has 2 spiro atoms. The van der Waals surface area contributed by atoms with E-state index in [0.717, 1.165) is 122 Å².